The van der Waals surface area contributed by atoms with E-state index in [0.29, 0.717) is 4.90 Å². The second kappa shape index (κ2) is 20.2. The summed E-state index contributed by atoms with van der Waals surface area (Å²) in [6, 6.07) is 6.24. The number of nitriles is 1. The number of halogens is 3. The maximum Gasteiger partial charge on any atom is 0.471 e. The number of amides is 3. The predicted octanol–water partition coefficient (Wildman–Crippen LogP) is 7.06. The first kappa shape index (κ1) is 50.0. The van der Waals surface area contributed by atoms with Crippen molar-refractivity contribution >= 4 is 37.7 Å². The summed E-state index contributed by atoms with van der Waals surface area (Å²) in [7, 11) is -7.17. The van der Waals surface area contributed by atoms with Gasteiger partial charge in [-0.1, -0.05) is 25.5 Å². The van der Waals surface area contributed by atoms with Gasteiger partial charge in [0.2, 0.25) is 0 Å². The van der Waals surface area contributed by atoms with Gasteiger partial charge in [0.15, 0.2) is 10.1 Å². The molecule has 4 aliphatic rings. The van der Waals surface area contributed by atoms with Crippen molar-refractivity contribution < 1.29 is 44.3 Å². The van der Waals surface area contributed by atoms with Crippen molar-refractivity contribution in [3.05, 3.63) is 80.2 Å². The van der Waals surface area contributed by atoms with Crippen LogP contribution in [0.15, 0.2) is 34.3 Å². The SMILES string of the molecule is CC(C)n1nc(S(N)(=O)=O)cc1CN(C)C(=O)C(F)(F)F.CCCc1cc(S(=O)(=O)NC(=O)Nc2c3c(cc4c2CCC4)CCC3)nn1C(C)C.N#COc1c2c(cc3c1CCC3)CCC2. The lowest BCUT2D eigenvalue weighted by Crippen LogP contribution is -2.38. The van der Waals surface area contributed by atoms with E-state index < -0.39 is 49.7 Å². The van der Waals surface area contributed by atoms with Crippen molar-refractivity contribution in [1.82, 2.24) is 29.2 Å². The van der Waals surface area contributed by atoms with E-state index in [1.807, 2.05) is 27.0 Å². The quantitative estimate of drug-likeness (QED) is 0.130. The fraction of sp³-hybridized carbons (Fsp3) is 0.533. The number of alkyl halides is 3. The maximum atomic E-state index is 12.8. The molecule has 358 valence electrons. The van der Waals surface area contributed by atoms with Crippen LogP contribution in [0.2, 0.25) is 0 Å². The van der Waals surface area contributed by atoms with E-state index in [9.17, 15) is 39.6 Å². The standard InChI is InChI=1S/C22H30N4O3S.C13H13NO.C10H15F3N4O3S/c1-4-7-17-13-20(24-26(17)14(2)3)30(28,29)25-22(27)23-21-18-10-5-8-15(18)12-16-9-6-11-19(16)21;14-8-15-13-11-5-1-3-9(11)7-10-4-2-6-12(10)13;1-6(2)17-7(4-8(15-17)21(14,19)20)5-16(3)9(18)10(11,12)13/h12-14H,4-11H2,1-3H3,(H2,23,25,27);7H,1-6H2;4,6H,5H2,1-3H3,(H2,14,19,20). The molecule has 21 heteroatoms. The Kier molecular flexibility index (Phi) is 15.3. The van der Waals surface area contributed by atoms with Crippen molar-refractivity contribution in [2.45, 2.75) is 159 Å². The number of fused-ring (bicyclic) bond motifs is 4. The fourth-order valence-electron chi connectivity index (χ4n) is 9.29. The summed E-state index contributed by atoms with van der Waals surface area (Å²) in [6.45, 7) is 8.83. The van der Waals surface area contributed by atoms with Crippen LogP contribution in [0, 0.1) is 11.5 Å². The zero-order chi connectivity index (χ0) is 48.3. The predicted molar refractivity (Wildman–Crippen MR) is 240 cm³/mol. The van der Waals surface area contributed by atoms with Crippen LogP contribution in [-0.4, -0.2) is 66.5 Å². The molecular weight excluding hydrogens is 900 g/mol. The van der Waals surface area contributed by atoms with Crippen LogP contribution in [-0.2, 0) is 89.2 Å². The number of carbonyl (C=O) groups excluding carboxylic acids is 2. The third kappa shape index (κ3) is 11.2. The molecule has 0 radical (unpaired) electrons. The first-order chi connectivity index (χ1) is 31.0. The van der Waals surface area contributed by atoms with Gasteiger partial charge >= 0.3 is 18.1 Å². The monoisotopic (exact) mass is 957 g/mol. The number of rotatable bonds is 11. The maximum absolute atomic E-state index is 12.8. The topological polar surface area (TPSA) is 224 Å². The third-order valence-electron chi connectivity index (χ3n) is 12.1. The minimum Gasteiger partial charge on any atom is -0.387 e. The average Bonchev–Trinajstić information content (AvgIpc) is 4.09. The molecule has 0 aliphatic heterocycles. The van der Waals surface area contributed by atoms with Crippen LogP contribution in [0.25, 0.3) is 0 Å². The molecule has 4 aromatic rings. The Morgan fingerprint density at radius 2 is 1.24 bits per heavy atom. The van der Waals surface area contributed by atoms with Crippen molar-refractivity contribution in [1.29, 1.82) is 5.26 Å². The zero-order valence-corrected chi connectivity index (χ0v) is 39.8. The molecule has 0 atom stereocenters. The number of nitrogens with zero attached hydrogens (tertiary/aromatic N) is 6. The Morgan fingerprint density at radius 3 is 1.70 bits per heavy atom. The van der Waals surface area contributed by atoms with Crippen LogP contribution >= 0.6 is 0 Å². The van der Waals surface area contributed by atoms with Gasteiger partial charge in [-0.25, -0.2) is 23.1 Å². The molecule has 0 spiro atoms. The Bertz CT molecular complexity index is 2690. The fourth-order valence-corrected chi connectivity index (χ4v) is 10.7. The minimum absolute atomic E-state index is 0.0406. The second-order valence-electron chi connectivity index (χ2n) is 17.7. The summed E-state index contributed by atoms with van der Waals surface area (Å²) in [6.07, 6.45) is 11.4. The van der Waals surface area contributed by atoms with Crippen LogP contribution in [0.3, 0.4) is 0 Å². The highest BCUT2D eigenvalue weighted by Gasteiger charge is 2.41. The van der Waals surface area contributed by atoms with E-state index >= 15 is 0 Å². The van der Waals surface area contributed by atoms with Crippen LogP contribution in [0.4, 0.5) is 23.7 Å². The number of hydrogen-bond donors (Lipinski definition) is 3. The number of anilines is 1. The van der Waals surface area contributed by atoms with Crippen LogP contribution in [0.1, 0.15) is 135 Å². The van der Waals surface area contributed by atoms with Crippen molar-refractivity contribution in [3.63, 3.8) is 0 Å². The molecule has 2 aromatic carbocycles. The van der Waals surface area contributed by atoms with E-state index in [-0.39, 0.29) is 22.8 Å². The lowest BCUT2D eigenvalue weighted by Gasteiger charge is -2.20. The summed E-state index contributed by atoms with van der Waals surface area (Å²) in [5, 5.41) is 23.9. The first-order valence-corrected chi connectivity index (χ1v) is 25.3. The summed E-state index contributed by atoms with van der Waals surface area (Å²) in [5.41, 5.74) is 12.2. The van der Waals surface area contributed by atoms with Gasteiger partial charge in [-0.3, -0.25) is 14.2 Å². The number of nitrogens with two attached hydrogens (primary N) is 1. The van der Waals surface area contributed by atoms with Crippen molar-refractivity contribution in [2.24, 2.45) is 5.14 Å². The van der Waals surface area contributed by atoms with E-state index in [4.69, 9.17) is 15.1 Å². The van der Waals surface area contributed by atoms with Crippen molar-refractivity contribution in [2.75, 3.05) is 12.4 Å². The Labute approximate surface area is 384 Å². The lowest BCUT2D eigenvalue weighted by atomic mass is 9.99. The number of hydrogen-bond acceptors (Lipinski definition) is 10. The summed E-state index contributed by atoms with van der Waals surface area (Å²) in [4.78, 5) is 24.2. The lowest BCUT2D eigenvalue weighted by molar-refractivity contribution is -0.184. The highest BCUT2D eigenvalue weighted by atomic mass is 32.2. The molecule has 3 amide bonds. The second-order valence-corrected chi connectivity index (χ2v) is 20.8. The Hall–Kier alpha value is -5.46. The van der Waals surface area contributed by atoms with Gasteiger partial charge in [-0.05, 0) is 156 Å². The number of benzene rings is 2. The number of urea groups is 1. The normalized spacial score (nSPS) is 14.9. The molecule has 4 N–H and O–H groups in total. The van der Waals surface area contributed by atoms with Crippen molar-refractivity contribution in [3.8, 4) is 12.0 Å². The first-order valence-electron chi connectivity index (χ1n) is 22.3. The summed E-state index contributed by atoms with van der Waals surface area (Å²) < 4.78 is 95.4. The largest absolute Gasteiger partial charge is 0.471 e. The zero-order valence-electron chi connectivity index (χ0n) is 38.1. The highest BCUT2D eigenvalue weighted by molar-refractivity contribution is 7.90. The molecule has 4 aliphatic carbocycles. The van der Waals surface area contributed by atoms with Gasteiger partial charge in [0.1, 0.15) is 5.75 Å². The van der Waals surface area contributed by atoms with Gasteiger partial charge in [0, 0.05) is 42.6 Å². The molecule has 0 saturated heterocycles. The molecule has 0 bridgehead atoms. The van der Waals surface area contributed by atoms with Gasteiger partial charge in [-0.2, -0.15) is 31.8 Å². The van der Waals surface area contributed by atoms with Gasteiger partial charge in [0.05, 0.1) is 12.2 Å². The number of sulfonamides is 2. The molecule has 0 unspecified atom stereocenters. The van der Waals surface area contributed by atoms with E-state index in [1.54, 1.807) is 24.6 Å². The van der Waals surface area contributed by atoms with Gasteiger partial charge < -0.3 is 15.0 Å². The minimum atomic E-state index is -5.00. The molecule has 0 saturated carbocycles. The highest BCUT2D eigenvalue weighted by Crippen LogP contribution is 2.41. The number of carbonyl (C=O) groups is 2. The van der Waals surface area contributed by atoms with Crippen LogP contribution < -0.4 is 19.9 Å². The van der Waals surface area contributed by atoms with Gasteiger partial charge in [0.25, 0.3) is 26.3 Å². The molecule has 2 aromatic heterocycles. The molecule has 2 heterocycles. The summed E-state index contributed by atoms with van der Waals surface area (Å²) in [5.74, 6) is -1.13. The van der Waals surface area contributed by atoms with E-state index in [0.717, 1.165) is 118 Å². The molecule has 66 heavy (non-hydrogen) atoms. The number of nitrogens with one attached hydrogen (secondary N) is 2. The van der Waals surface area contributed by atoms with E-state index in [1.165, 1.54) is 50.9 Å². The number of aryl methyl sites for hydroxylation is 5. The molecule has 0 fully saturated rings. The van der Waals surface area contributed by atoms with Crippen LogP contribution in [0.5, 0.6) is 5.75 Å². The third-order valence-corrected chi connectivity index (χ3v) is 14.1. The number of primary sulfonamides is 1. The molecule has 8 rings (SSSR count). The number of aromatic nitrogens is 4. The molecular formula is C45H58F3N9O7S2. The molecule has 16 nitrogen and oxygen atoms in total. The van der Waals surface area contributed by atoms with E-state index in [2.05, 4.69) is 32.4 Å². The van der Waals surface area contributed by atoms with Gasteiger partial charge in [-0.15, -0.1) is 5.26 Å². The smallest absolute Gasteiger partial charge is 0.387 e. The average molecular weight is 958 g/mol. The summed E-state index contributed by atoms with van der Waals surface area (Å²) >= 11 is 0. The Morgan fingerprint density at radius 1 is 0.788 bits per heavy atom. The number of ether oxygens (including phenoxy) is 1. The Balaban J connectivity index is 0.000000174.